The van der Waals surface area contributed by atoms with E-state index in [9.17, 15) is 9.90 Å². The summed E-state index contributed by atoms with van der Waals surface area (Å²) in [6.45, 7) is 0. The number of nitrogens with zero attached hydrogens (tertiary/aromatic N) is 1. The maximum Gasteiger partial charge on any atom is 0.336 e. The van der Waals surface area contributed by atoms with Crippen LogP contribution in [0.5, 0.6) is 0 Å². The zero-order chi connectivity index (χ0) is 16.5. The molecule has 116 valence electrons. The van der Waals surface area contributed by atoms with Gasteiger partial charge in [-0.2, -0.15) is 0 Å². The van der Waals surface area contributed by atoms with Crippen LogP contribution in [0.15, 0.2) is 77.2 Å². The molecule has 0 atom stereocenters. The molecular weight excluding hydrogens is 302 g/mol. The second-order valence-electron chi connectivity index (χ2n) is 5.42. The summed E-state index contributed by atoms with van der Waals surface area (Å²) in [5.74, 6) is -0.689. The molecule has 0 saturated carbocycles. The van der Waals surface area contributed by atoms with Gasteiger partial charge in [-0.3, -0.25) is 0 Å². The number of fused-ring (bicyclic) bond motifs is 1. The maximum atomic E-state index is 11.4. The van der Waals surface area contributed by atoms with E-state index >= 15 is 0 Å². The van der Waals surface area contributed by atoms with E-state index < -0.39 is 5.97 Å². The quantitative estimate of drug-likeness (QED) is 0.586. The molecule has 3 aromatic carbocycles. The molecule has 1 N–H and O–H groups in total. The molecule has 0 aliphatic rings. The first-order valence-electron chi connectivity index (χ1n) is 7.51. The van der Waals surface area contributed by atoms with E-state index in [0.717, 1.165) is 11.1 Å². The molecule has 0 spiro atoms. The number of aromatic nitrogens is 1. The summed E-state index contributed by atoms with van der Waals surface area (Å²) in [6, 6.07) is 22.5. The van der Waals surface area contributed by atoms with Crippen molar-refractivity contribution < 1.29 is 14.3 Å². The number of carbonyl (C=O) groups is 1. The SMILES string of the molecule is O=C(O)c1ccccc1-c1nc2cc(-c3ccccc3)ccc2o1. The van der Waals surface area contributed by atoms with Gasteiger partial charge in [0.1, 0.15) is 5.52 Å². The highest BCUT2D eigenvalue weighted by Gasteiger charge is 2.16. The van der Waals surface area contributed by atoms with Gasteiger partial charge in [0.2, 0.25) is 5.89 Å². The molecule has 4 heteroatoms. The zero-order valence-corrected chi connectivity index (χ0v) is 12.6. The summed E-state index contributed by atoms with van der Waals surface area (Å²) < 4.78 is 5.76. The molecule has 4 aromatic rings. The highest BCUT2D eigenvalue weighted by atomic mass is 16.4. The largest absolute Gasteiger partial charge is 0.478 e. The molecular formula is C20H13NO3. The molecule has 0 bridgehead atoms. The van der Waals surface area contributed by atoms with Gasteiger partial charge in [0.25, 0.3) is 0 Å². The standard InChI is InChI=1S/C20H13NO3/c22-20(23)16-9-5-4-8-15(16)19-21-17-12-14(10-11-18(17)24-19)13-6-2-1-3-7-13/h1-12H,(H,22,23). The van der Waals surface area contributed by atoms with Gasteiger partial charge in [-0.15, -0.1) is 0 Å². The minimum atomic E-state index is -1.00. The van der Waals surface area contributed by atoms with Crippen molar-refractivity contribution in [3.8, 4) is 22.6 Å². The van der Waals surface area contributed by atoms with Gasteiger partial charge >= 0.3 is 5.97 Å². The van der Waals surface area contributed by atoms with Crippen LogP contribution in [-0.4, -0.2) is 16.1 Å². The first-order chi connectivity index (χ1) is 11.7. The third-order valence-electron chi connectivity index (χ3n) is 3.88. The van der Waals surface area contributed by atoms with Crippen molar-refractivity contribution in [2.75, 3.05) is 0 Å². The van der Waals surface area contributed by atoms with E-state index in [1.165, 1.54) is 0 Å². The van der Waals surface area contributed by atoms with E-state index in [4.69, 9.17) is 4.42 Å². The monoisotopic (exact) mass is 315 g/mol. The summed E-state index contributed by atoms with van der Waals surface area (Å²) in [5, 5.41) is 9.33. The van der Waals surface area contributed by atoms with Crippen LogP contribution in [0, 0.1) is 0 Å². The number of hydrogen-bond donors (Lipinski definition) is 1. The molecule has 0 unspecified atom stereocenters. The number of hydrogen-bond acceptors (Lipinski definition) is 3. The van der Waals surface area contributed by atoms with Crippen LogP contribution in [0.25, 0.3) is 33.7 Å². The van der Waals surface area contributed by atoms with Gasteiger partial charge in [0, 0.05) is 0 Å². The van der Waals surface area contributed by atoms with Crippen LogP contribution in [0.3, 0.4) is 0 Å². The number of carboxylic acids is 1. The molecule has 0 radical (unpaired) electrons. The predicted octanol–water partition coefficient (Wildman–Crippen LogP) is 4.86. The topological polar surface area (TPSA) is 63.3 Å². The van der Waals surface area contributed by atoms with E-state index in [2.05, 4.69) is 4.98 Å². The molecule has 0 saturated heterocycles. The van der Waals surface area contributed by atoms with Crippen molar-refractivity contribution in [2.24, 2.45) is 0 Å². The molecule has 0 fully saturated rings. The summed E-state index contributed by atoms with van der Waals surface area (Å²) >= 11 is 0. The van der Waals surface area contributed by atoms with Crippen molar-refractivity contribution >= 4 is 17.1 Å². The lowest BCUT2D eigenvalue weighted by Gasteiger charge is -2.00. The lowest BCUT2D eigenvalue weighted by atomic mass is 10.1. The van der Waals surface area contributed by atoms with Crippen molar-refractivity contribution in [2.45, 2.75) is 0 Å². The maximum absolute atomic E-state index is 11.4. The second kappa shape index (κ2) is 5.66. The van der Waals surface area contributed by atoms with Gasteiger partial charge in [-0.1, -0.05) is 48.5 Å². The van der Waals surface area contributed by atoms with E-state index in [-0.39, 0.29) is 5.56 Å². The molecule has 1 aromatic heterocycles. The summed E-state index contributed by atoms with van der Waals surface area (Å²) in [7, 11) is 0. The molecule has 4 rings (SSSR count). The average Bonchev–Trinajstić information content (AvgIpc) is 3.05. The summed E-state index contributed by atoms with van der Waals surface area (Å²) in [4.78, 5) is 15.9. The highest BCUT2D eigenvalue weighted by molar-refractivity contribution is 5.95. The van der Waals surface area contributed by atoms with Crippen molar-refractivity contribution in [3.63, 3.8) is 0 Å². The van der Waals surface area contributed by atoms with Crippen LogP contribution in [0.1, 0.15) is 10.4 Å². The smallest absolute Gasteiger partial charge is 0.336 e. The Morgan fingerprint density at radius 1 is 0.875 bits per heavy atom. The number of carboxylic acid groups (broad SMARTS) is 1. The van der Waals surface area contributed by atoms with Crippen LogP contribution >= 0.6 is 0 Å². The third kappa shape index (κ3) is 2.44. The van der Waals surface area contributed by atoms with Gasteiger partial charge in [-0.25, -0.2) is 9.78 Å². The summed E-state index contributed by atoms with van der Waals surface area (Å²) in [6.07, 6.45) is 0. The lowest BCUT2D eigenvalue weighted by Crippen LogP contribution is -1.98. The molecule has 0 aliphatic carbocycles. The Balaban J connectivity index is 1.84. The lowest BCUT2D eigenvalue weighted by molar-refractivity contribution is 0.0697. The Kier molecular flexibility index (Phi) is 3.35. The molecule has 0 aliphatic heterocycles. The number of rotatable bonds is 3. The zero-order valence-electron chi connectivity index (χ0n) is 12.6. The normalized spacial score (nSPS) is 10.8. The minimum Gasteiger partial charge on any atom is -0.478 e. The molecule has 1 heterocycles. The first kappa shape index (κ1) is 14.2. The van der Waals surface area contributed by atoms with Gasteiger partial charge in [0.15, 0.2) is 5.58 Å². The Hall–Kier alpha value is -3.40. The molecule has 24 heavy (non-hydrogen) atoms. The molecule has 0 amide bonds. The minimum absolute atomic E-state index is 0.173. The fourth-order valence-electron chi connectivity index (χ4n) is 2.71. The van der Waals surface area contributed by atoms with Crippen LogP contribution in [0.2, 0.25) is 0 Å². The Labute approximate surface area is 138 Å². The fourth-order valence-corrected chi connectivity index (χ4v) is 2.71. The van der Waals surface area contributed by atoms with Gasteiger partial charge in [-0.05, 0) is 35.4 Å². The van der Waals surface area contributed by atoms with Crippen LogP contribution in [-0.2, 0) is 0 Å². The number of benzene rings is 3. The number of aromatic carboxylic acids is 1. The Morgan fingerprint density at radius 3 is 2.42 bits per heavy atom. The molecule has 4 nitrogen and oxygen atoms in total. The number of oxazole rings is 1. The van der Waals surface area contributed by atoms with Gasteiger partial charge in [0.05, 0.1) is 11.1 Å². The Morgan fingerprint density at radius 2 is 1.62 bits per heavy atom. The second-order valence-corrected chi connectivity index (χ2v) is 5.42. The Bertz CT molecular complexity index is 1040. The van der Waals surface area contributed by atoms with Crippen molar-refractivity contribution in [1.29, 1.82) is 0 Å². The van der Waals surface area contributed by atoms with E-state index in [1.807, 2.05) is 48.5 Å². The predicted molar refractivity (Wildman–Crippen MR) is 91.8 cm³/mol. The average molecular weight is 315 g/mol. The van der Waals surface area contributed by atoms with E-state index in [1.54, 1.807) is 24.3 Å². The van der Waals surface area contributed by atoms with Gasteiger partial charge < -0.3 is 9.52 Å². The van der Waals surface area contributed by atoms with Crippen LogP contribution in [0.4, 0.5) is 0 Å². The first-order valence-corrected chi connectivity index (χ1v) is 7.51. The fraction of sp³-hybridized carbons (Fsp3) is 0. The van der Waals surface area contributed by atoms with Crippen molar-refractivity contribution in [3.05, 3.63) is 78.4 Å². The highest BCUT2D eigenvalue weighted by Crippen LogP contribution is 2.29. The van der Waals surface area contributed by atoms with Crippen molar-refractivity contribution in [1.82, 2.24) is 4.98 Å². The van der Waals surface area contributed by atoms with Crippen LogP contribution < -0.4 is 0 Å². The van der Waals surface area contributed by atoms with E-state index in [0.29, 0.717) is 22.6 Å². The summed E-state index contributed by atoms with van der Waals surface area (Å²) in [5.41, 5.74) is 4.11. The third-order valence-corrected chi connectivity index (χ3v) is 3.88.